The van der Waals surface area contributed by atoms with Gasteiger partial charge < -0.3 is 4.74 Å². The first-order chi connectivity index (χ1) is 12.1. The first-order valence-electron chi connectivity index (χ1n) is 7.52. The summed E-state index contributed by atoms with van der Waals surface area (Å²) < 4.78 is 54.2. The molecule has 0 fully saturated rings. The van der Waals surface area contributed by atoms with Crippen LogP contribution >= 0.6 is 0 Å². The van der Waals surface area contributed by atoms with Gasteiger partial charge >= 0.3 is 5.97 Å². The summed E-state index contributed by atoms with van der Waals surface area (Å²) in [4.78, 5) is 11.3. The average Bonchev–Trinajstić information content (AvgIpc) is 2.60. The summed E-state index contributed by atoms with van der Waals surface area (Å²) in [6.45, 7) is 1.98. The minimum absolute atomic E-state index is 0.00236. The summed E-state index contributed by atoms with van der Waals surface area (Å²) in [5.41, 5.74) is 1.01. The summed E-state index contributed by atoms with van der Waals surface area (Å²) in [6, 6.07) is 10.9. The number of rotatable bonds is 7. The highest BCUT2D eigenvalue weighted by atomic mass is 32.2. The van der Waals surface area contributed by atoms with Crippen LogP contribution < -0.4 is 9.86 Å². The highest BCUT2D eigenvalue weighted by Gasteiger charge is 2.16. The Kier molecular flexibility index (Phi) is 6.13. The summed E-state index contributed by atoms with van der Waals surface area (Å²) in [5.74, 6) is -0.449. The van der Waals surface area contributed by atoms with Crippen molar-refractivity contribution in [2.75, 3.05) is 6.61 Å². The van der Waals surface area contributed by atoms with Crippen LogP contribution in [0.2, 0.25) is 0 Å². The van der Waals surface area contributed by atoms with Crippen molar-refractivity contribution in [3.63, 3.8) is 0 Å². The maximum Gasteiger partial charge on any atom is 0.338 e. The van der Waals surface area contributed by atoms with Crippen LogP contribution in [-0.4, -0.2) is 29.4 Å². The van der Waals surface area contributed by atoms with Crippen molar-refractivity contribution in [1.29, 1.82) is 0 Å². The first kappa shape index (κ1) is 20.0. The molecule has 0 saturated heterocycles. The Morgan fingerprint density at radius 2 is 1.50 bits per heavy atom. The van der Waals surface area contributed by atoms with Gasteiger partial charge in [0, 0.05) is 6.54 Å². The van der Waals surface area contributed by atoms with Crippen LogP contribution in [0.4, 0.5) is 0 Å². The molecule has 8 nitrogen and oxygen atoms in total. The molecule has 0 atom stereocenters. The molecule has 0 aromatic heterocycles. The molecule has 26 heavy (non-hydrogen) atoms. The zero-order valence-corrected chi connectivity index (χ0v) is 15.5. The van der Waals surface area contributed by atoms with Gasteiger partial charge in [-0.05, 0) is 48.9 Å². The van der Waals surface area contributed by atoms with Crippen molar-refractivity contribution in [3.8, 4) is 0 Å². The number of benzene rings is 2. The number of nitrogens with two attached hydrogens (primary N) is 1. The third-order valence-electron chi connectivity index (χ3n) is 3.39. The Bertz CT molecular complexity index is 982. The van der Waals surface area contributed by atoms with Gasteiger partial charge in [-0.25, -0.2) is 31.5 Å². The van der Waals surface area contributed by atoms with E-state index in [1.165, 1.54) is 0 Å². The van der Waals surface area contributed by atoms with Crippen molar-refractivity contribution in [3.05, 3.63) is 59.7 Å². The van der Waals surface area contributed by atoms with Crippen LogP contribution in [0, 0.1) is 0 Å². The second kappa shape index (κ2) is 7.96. The van der Waals surface area contributed by atoms with Gasteiger partial charge in [0.2, 0.25) is 20.0 Å². The summed E-state index contributed by atoms with van der Waals surface area (Å²) >= 11 is 0. The number of nitrogens with one attached hydrogen (secondary N) is 1. The SMILES string of the molecule is CCOC(=O)c1ccc(CNS(=O)(=O)c2ccc(S(N)(=O)=O)cc2)cc1. The highest BCUT2D eigenvalue weighted by Crippen LogP contribution is 2.14. The Hall–Kier alpha value is -2.27. The molecule has 0 radical (unpaired) electrons. The maximum atomic E-state index is 12.3. The van der Waals surface area contributed by atoms with Gasteiger partial charge in [0.15, 0.2) is 0 Å². The zero-order chi connectivity index (χ0) is 19.4. The Balaban J connectivity index is 2.07. The van der Waals surface area contributed by atoms with Crippen molar-refractivity contribution < 1.29 is 26.4 Å². The highest BCUT2D eigenvalue weighted by molar-refractivity contribution is 7.89. The number of carbonyl (C=O) groups excluding carboxylic acids is 1. The molecular formula is C16H18N2O6S2. The standard InChI is InChI=1S/C16H18N2O6S2/c1-2-24-16(19)13-5-3-12(4-6-13)11-18-26(22,23)15-9-7-14(8-10-15)25(17,20)21/h3-10,18H,2,11H2,1H3,(H2,17,20,21). The number of hydrogen-bond acceptors (Lipinski definition) is 6. The Morgan fingerprint density at radius 1 is 0.962 bits per heavy atom. The number of ether oxygens (including phenoxy) is 1. The predicted molar refractivity (Wildman–Crippen MR) is 94.2 cm³/mol. The zero-order valence-electron chi connectivity index (χ0n) is 13.9. The molecule has 140 valence electrons. The molecule has 0 unspecified atom stereocenters. The predicted octanol–water partition coefficient (Wildman–Crippen LogP) is 0.989. The molecule has 0 saturated carbocycles. The largest absolute Gasteiger partial charge is 0.462 e. The minimum Gasteiger partial charge on any atom is -0.462 e. The lowest BCUT2D eigenvalue weighted by atomic mass is 10.1. The first-order valence-corrected chi connectivity index (χ1v) is 10.5. The molecule has 0 amide bonds. The fourth-order valence-electron chi connectivity index (χ4n) is 2.04. The van der Waals surface area contributed by atoms with Crippen LogP contribution in [0.3, 0.4) is 0 Å². The Labute approximate surface area is 152 Å². The van der Waals surface area contributed by atoms with Crippen molar-refractivity contribution >= 4 is 26.0 Å². The maximum absolute atomic E-state index is 12.3. The smallest absolute Gasteiger partial charge is 0.338 e. The lowest BCUT2D eigenvalue weighted by Crippen LogP contribution is -2.23. The van der Waals surface area contributed by atoms with Gasteiger partial charge in [-0.2, -0.15) is 0 Å². The molecule has 0 spiro atoms. The van der Waals surface area contributed by atoms with E-state index in [-0.39, 0.29) is 22.9 Å². The molecule has 0 aliphatic rings. The van der Waals surface area contributed by atoms with E-state index in [9.17, 15) is 21.6 Å². The van der Waals surface area contributed by atoms with E-state index in [0.29, 0.717) is 11.1 Å². The van der Waals surface area contributed by atoms with E-state index in [2.05, 4.69) is 4.72 Å². The van der Waals surface area contributed by atoms with Crippen LogP contribution in [-0.2, 0) is 31.3 Å². The molecule has 2 aromatic rings. The molecule has 0 aliphatic heterocycles. The van der Waals surface area contributed by atoms with Gasteiger partial charge in [0.25, 0.3) is 0 Å². The summed E-state index contributed by atoms with van der Waals surface area (Å²) in [6.07, 6.45) is 0. The molecule has 0 bridgehead atoms. The lowest BCUT2D eigenvalue weighted by molar-refractivity contribution is 0.0526. The second-order valence-electron chi connectivity index (χ2n) is 5.26. The van der Waals surface area contributed by atoms with E-state index in [1.54, 1.807) is 31.2 Å². The third kappa shape index (κ3) is 5.11. The van der Waals surface area contributed by atoms with Gasteiger partial charge in [0.05, 0.1) is 22.0 Å². The number of sulfonamides is 2. The second-order valence-corrected chi connectivity index (χ2v) is 8.59. The van der Waals surface area contributed by atoms with Gasteiger partial charge in [0.1, 0.15) is 0 Å². The number of esters is 1. The Morgan fingerprint density at radius 3 is 2.00 bits per heavy atom. The van der Waals surface area contributed by atoms with E-state index < -0.39 is 26.0 Å². The van der Waals surface area contributed by atoms with Gasteiger partial charge in [-0.1, -0.05) is 12.1 Å². The van der Waals surface area contributed by atoms with Crippen molar-refractivity contribution in [2.45, 2.75) is 23.3 Å². The number of primary sulfonamides is 1. The fraction of sp³-hybridized carbons (Fsp3) is 0.188. The quantitative estimate of drug-likeness (QED) is 0.668. The van der Waals surface area contributed by atoms with Crippen molar-refractivity contribution in [1.82, 2.24) is 4.72 Å². The lowest BCUT2D eigenvalue weighted by Gasteiger charge is -2.08. The minimum atomic E-state index is -3.89. The van der Waals surface area contributed by atoms with Crippen LogP contribution in [0.15, 0.2) is 58.3 Å². The summed E-state index contributed by atoms with van der Waals surface area (Å²) in [5, 5.41) is 4.98. The molecule has 3 N–H and O–H groups in total. The number of carbonyl (C=O) groups is 1. The molecular weight excluding hydrogens is 380 g/mol. The van der Waals surface area contributed by atoms with Crippen molar-refractivity contribution in [2.24, 2.45) is 5.14 Å². The fourth-order valence-corrected chi connectivity index (χ4v) is 3.58. The van der Waals surface area contributed by atoms with Gasteiger partial charge in [-0.15, -0.1) is 0 Å². The topological polar surface area (TPSA) is 133 Å². The number of hydrogen-bond donors (Lipinski definition) is 2. The average molecular weight is 398 g/mol. The third-order valence-corrected chi connectivity index (χ3v) is 5.74. The molecule has 0 aliphatic carbocycles. The molecule has 2 rings (SSSR count). The van der Waals surface area contributed by atoms with Crippen LogP contribution in [0.1, 0.15) is 22.8 Å². The molecule has 2 aromatic carbocycles. The van der Waals surface area contributed by atoms with E-state index >= 15 is 0 Å². The molecule has 0 heterocycles. The van der Waals surface area contributed by atoms with Crippen LogP contribution in [0.5, 0.6) is 0 Å². The molecule has 10 heteroatoms. The van der Waals surface area contributed by atoms with E-state index in [1.807, 2.05) is 0 Å². The van der Waals surface area contributed by atoms with Gasteiger partial charge in [-0.3, -0.25) is 0 Å². The van der Waals surface area contributed by atoms with E-state index in [4.69, 9.17) is 9.88 Å². The van der Waals surface area contributed by atoms with E-state index in [0.717, 1.165) is 24.3 Å². The summed E-state index contributed by atoms with van der Waals surface area (Å²) in [7, 11) is -7.72. The monoisotopic (exact) mass is 398 g/mol. The van der Waals surface area contributed by atoms with Crippen LogP contribution in [0.25, 0.3) is 0 Å². The normalized spacial score (nSPS) is 11.9.